The van der Waals surface area contributed by atoms with Gasteiger partial charge < -0.3 is 10.0 Å². The van der Waals surface area contributed by atoms with E-state index in [-0.39, 0.29) is 11.7 Å². The minimum atomic E-state index is 0.128. The van der Waals surface area contributed by atoms with Crippen LogP contribution in [0.1, 0.15) is 18.9 Å². The molecule has 3 heteroatoms. The lowest BCUT2D eigenvalue weighted by Crippen LogP contribution is -2.36. The number of nitrogens with zero attached hydrogens (tertiary/aromatic N) is 1. The zero-order valence-corrected chi connectivity index (χ0v) is 10.0. The van der Waals surface area contributed by atoms with Crippen molar-refractivity contribution in [2.75, 3.05) is 13.1 Å². The number of amides is 1. The van der Waals surface area contributed by atoms with E-state index in [4.69, 9.17) is 0 Å². The SMILES string of the molecule is CC1=CCCN(C(=O)Cc2cccc(O)c2)C1. The van der Waals surface area contributed by atoms with Gasteiger partial charge in [0.25, 0.3) is 0 Å². The molecule has 0 aromatic heterocycles. The van der Waals surface area contributed by atoms with Gasteiger partial charge in [-0.2, -0.15) is 0 Å². The third-order valence-electron chi connectivity index (χ3n) is 2.95. The lowest BCUT2D eigenvalue weighted by molar-refractivity contribution is -0.130. The van der Waals surface area contributed by atoms with E-state index in [1.54, 1.807) is 18.2 Å². The summed E-state index contributed by atoms with van der Waals surface area (Å²) in [5, 5.41) is 9.34. The number of aromatic hydroxyl groups is 1. The zero-order chi connectivity index (χ0) is 12.3. The fourth-order valence-corrected chi connectivity index (χ4v) is 2.08. The fourth-order valence-electron chi connectivity index (χ4n) is 2.08. The van der Waals surface area contributed by atoms with Crippen LogP contribution >= 0.6 is 0 Å². The quantitative estimate of drug-likeness (QED) is 0.792. The number of hydrogen-bond donors (Lipinski definition) is 1. The highest BCUT2D eigenvalue weighted by atomic mass is 16.3. The molecule has 0 aliphatic carbocycles. The minimum absolute atomic E-state index is 0.128. The van der Waals surface area contributed by atoms with Crippen LogP contribution in [0.25, 0.3) is 0 Å². The van der Waals surface area contributed by atoms with E-state index < -0.39 is 0 Å². The monoisotopic (exact) mass is 231 g/mol. The summed E-state index contributed by atoms with van der Waals surface area (Å²) in [5.74, 6) is 0.341. The lowest BCUT2D eigenvalue weighted by atomic mass is 10.1. The molecule has 3 nitrogen and oxygen atoms in total. The van der Waals surface area contributed by atoms with Gasteiger partial charge in [-0.25, -0.2) is 0 Å². The molecule has 1 heterocycles. The van der Waals surface area contributed by atoms with Crippen LogP contribution in [0.2, 0.25) is 0 Å². The van der Waals surface area contributed by atoms with Crippen LogP contribution in [0.5, 0.6) is 5.75 Å². The number of carbonyl (C=O) groups excluding carboxylic acids is 1. The van der Waals surface area contributed by atoms with Crippen LogP contribution in [0, 0.1) is 0 Å². The number of benzene rings is 1. The van der Waals surface area contributed by atoms with Gasteiger partial charge in [-0.1, -0.05) is 23.8 Å². The molecule has 90 valence electrons. The van der Waals surface area contributed by atoms with Crippen molar-refractivity contribution in [3.63, 3.8) is 0 Å². The first kappa shape index (κ1) is 11.7. The average Bonchev–Trinajstić information content (AvgIpc) is 2.29. The maximum Gasteiger partial charge on any atom is 0.227 e. The Hall–Kier alpha value is -1.77. The molecule has 1 aliphatic heterocycles. The molecule has 1 aromatic rings. The van der Waals surface area contributed by atoms with E-state index in [2.05, 4.69) is 6.08 Å². The maximum atomic E-state index is 12.0. The normalized spacial score (nSPS) is 15.6. The predicted molar refractivity (Wildman–Crippen MR) is 66.8 cm³/mol. The molecule has 2 rings (SSSR count). The molecular formula is C14H17NO2. The van der Waals surface area contributed by atoms with Gasteiger partial charge in [0.15, 0.2) is 0 Å². The third-order valence-corrected chi connectivity index (χ3v) is 2.95. The Morgan fingerprint density at radius 1 is 1.47 bits per heavy atom. The summed E-state index contributed by atoms with van der Waals surface area (Å²) >= 11 is 0. The molecule has 0 saturated carbocycles. The molecule has 0 unspecified atom stereocenters. The number of phenolic OH excluding ortho intramolecular Hbond substituents is 1. The Bertz CT molecular complexity index is 451. The van der Waals surface area contributed by atoms with Gasteiger partial charge in [-0.3, -0.25) is 4.79 Å². The van der Waals surface area contributed by atoms with Crippen LogP contribution < -0.4 is 0 Å². The van der Waals surface area contributed by atoms with Gasteiger partial charge in [0.2, 0.25) is 5.91 Å². The molecule has 17 heavy (non-hydrogen) atoms. The summed E-state index contributed by atoms with van der Waals surface area (Å²) < 4.78 is 0. The molecule has 1 aromatic carbocycles. The Morgan fingerprint density at radius 3 is 3.00 bits per heavy atom. The number of phenols is 1. The van der Waals surface area contributed by atoms with Crippen LogP contribution in [-0.2, 0) is 11.2 Å². The summed E-state index contributed by atoms with van der Waals surface area (Å²) in [7, 11) is 0. The molecule has 0 spiro atoms. The molecule has 0 atom stereocenters. The Balaban J connectivity index is 2.00. The van der Waals surface area contributed by atoms with Gasteiger partial charge >= 0.3 is 0 Å². The van der Waals surface area contributed by atoms with Gasteiger partial charge in [0.05, 0.1) is 6.42 Å². The Labute approximate surface area is 101 Å². The van der Waals surface area contributed by atoms with Crippen LogP contribution in [0.4, 0.5) is 0 Å². The van der Waals surface area contributed by atoms with Crippen molar-refractivity contribution in [3.8, 4) is 5.75 Å². The van der Waals surface area contributed by atoms with Crippen LogP contribution in [0.3, 0.4) is 0 Å². The summed E-state index contributed by atoms with van der Waals surface area (Å²) in [6.07, 6.45) is 3.48. The highest BCUT2D eigenvalue weighted by Gasteiger charge is 2.16. The van der Waals surface area contributed by atoms with Gasteiger partial charge in [-0.15, -0.1) is 0 Å². The Kier molecular flexibility index (Phi) is 3.47. The van der Waals surface area contributed by atoms with E-state index in [1.807, 2.05) is 17.9 Å². The predicted octanol–water partition coefficient (Wildman–Crippen LogP) is 2.11. The molecule has 0 fully saturated rings. The third kappa shape index (κ3) is 3.09. The molecule has 1 amide bonds. The van der Waals surface area contributed by atoms with Gasteiger partial charge in [-0.05, 0) is 31.0 Å². The summed E-state index contributed by atoms with van der Waals surface area (Å²) in [6, 6.07) is 6.88. The van der Waals surface area contributed by atoms with Crippen molar-refractivity contribution in [3.05, 3.63) is 41.5 Å². The van der Waals surface area contributed by atoms with E-state index in [9.17, 15) is 9.90 Å². The van der Waals surface area contributed by atoms with Crippen molar-refractivity contribution in [2.45, 2.75) is 19.8 Å². The lowest BCUT2D eigenvalue weighted by Gasteiger charge is -2.26. The number of carbonyl (C=O) groups is 1. The molecule has 0 radical (unpaired) electrons. The first-order valence-electron chi connectivity index (χ1n) is 5.86. The second-order valence-electron chi connectivity index (χ2n) is 4.50. The smallest absolute Gasteiger partial charge is 0.227 e. The van der Waals surface area contributed by atoms with Gasteiger partial charge in [0, 0.05) is 13.1 Å². The summed E-state index contributed by atoms with van der Waals surface area (Å²) in [5.41, 5.74) is 2.11. The first-order valence-corrected chi connectivity index (χ1v) is 5.86. The van der Waals surface area contributed by atoms with Crippen molar-refractivity contribution < 1.29 is 9.90 Å². The highest BCUT2D eigenvalue weighted by molar-refractivity contribution is 5.79. The van der Waals surface area contributed by atoms with Crippen LogP contribution in [0.15, 0.2) is 35.9 Å². The average molecular weight is 231 g/mol. The van der Waals surface area contributed by atoms with Crippen molar-refractivity contribution in [1.82, 2.24) is 4.90 Å². The molecule has 1 aliphatic rings. The molecule has 1 N–H and O–H groups in total. The Morgan fingerprint density at radius 2 is 2.29 bits per heavy atom. The van der Waals surface area contributed by atoms with E-state index in [0.717, 1.165) is 25.1 Å². The van der Waals surface area contributed by atoms with Crippen LogP contribution in [-0.4, -0.2) is 29.0 Å². The fraction of sp³-hybridized carbons (Fsp3) is 0.357. The maximum absolute atomic E-state index is 12.0. The summed E-state index contributed by atoms with van der Waals surface area (Å²) in [6.45, 7) is 3.58. The summed E-state index contributed by atoms with van der Waals surface area (Å²) in [4.78, 5) is 13.9. The highest BCUT2D eigenvalue weighted by Crippen LogP contribution is 2.14. The molecular weight excluding hydrogens is 214 g/mol. The van der Waals surface area contributed by atoms with E-state index in [1.165, 1.54) is 5.57 Å². The second kappa shape index (κ2) is 5.04. The largest absolute Gasteiger partial charge is 0.508 e. The molecule has 0 bridgehead atoms. The second-order valence-corrected chi connectivity index (χ2v) is 4.50. The minimum Gasteiger partial charge on any atom is -0.508 e. The first-order chi connectivity index (χ1) is 8.15. The standard InChI is InChI=1S/C14H17NO2/c1-11-4-3-7-15(10-11)14(17)9-12-5-2-6-13(16)8-12/h2,4-6,8,16H,3,7,9-10H2,1H3. The number of rotatable bonds is 2. The van der Waals surface area contributed by atoms with E-state index >= 15 is 0 Å². The topological polar surface area (TPSA) is 40.5 Å². The van der Waals surface area contributed by atoms with Gasteiger partial charge in [0.1, 0.15) is 5.75 Å². The van der Waals surface area contributed by atoms with Crippen molar-refractivity contribution in [2.24, 2.45) is 0 Å². The van der Waals surface area contributed by atoms with E-state index in [0.29, 0.717) is 6.42 Å². The molecule has 0 saturated heterocycles. The van der Waals surface area contributed by atoms with Crippen molar-refractivity contribution in [1.29, 1.82) is 0 Å². The number of hydrogen-bond acceptors (Lipinski definition) is 2. The van der Waals surface area contributed by atoms with Crippen molar-refractivity contribution >= 4 is 5.91 Å². The zero-order valence-electron chi connectivity index (χ0n) is 10.0.